The third kappa shape index (κ3) is 5.76. The van der Waals surface area contributed by atoms with Crippen LogP contribution in [0.3, 0.4) is 0 Å². The molecule has 0 aliphatic heterocycles. The molecule has 1 N–H and O–H groups in total. The number of hydrogen-bond donors (Lipinski definition) is 1. The second-order valence-electron chi connectivity index (χ2n) is 5.21. The monoisotopic (exact) mass is 309 g/mol. The Morgan fingerprint density at radius 3 is 1.95 bits per heavy atom. The molecule has 0 fully saturated rings. The van der Waals surface area contributed by atoms with Gasteiger partial charge in [0.15, 0.2) is 11.5 Å². The van der Waals surface area contributed by atoms with Crippen LogP contribution in [-0.2, 0) is 6.54 Å². The van der Waals surface area contributed by atoms with Crippen molar-refractivity contribution in [2.75, 3.05) is 26.4 Å². The summed E-state index contributed by atoms with van der Waals surface area (Å²) in [6.45, 7) is 12.1. The van der Waals surface area contributed by atoms with Gasteiger partial charge in [-0.3, -0.25) is 0 Å². The third-order valence-corrected chi connectivity index (χ3v) is 3.09. The van der Waals surface area contributed by atoms with Gasteiger partial charge in [-0.15, -0.1) is 0 Å². The summed E-state index contributed by atoms with van der Waals surface area (Å²) in [5.41, 5.74) is 1.12. The Labute approximate surface area is 135 Å². The lowest BCUT2D eigenvalue weighted by molar-refractivity contribution is 0.241. The summed E-state index contributed by atoms with van der Waals surface area (Å²) in [5.74, 6) is 2.35. The molecule has 0 saturated carbocycles. The van der Waals surface area contributed by atoms with Crippen molar-refractivity contribution in [1.82, 2.24) is 5.32 Å². The minimum absolute atomic E-state index is 0.662. The maximum Gasteiger partial charge on any atom is 0.203 e. The summed E-state index contributed by atoms with van der Waals surface area (Å²) in [6, 6.07) is 4.06. The van der Waals surface area contributed by atoms with Gasteiger partial charge < -0.3 is 19.5 Å². The van der Waals surface area contributed by atoms with E-state index < -0.39 is 0 Å². The first-order valence-electron chi connectivity index (χ1n) is 8.53. The predicted molar refractivity (Wildman–Crippen MR) is 91.2 cm³/mol. The van der Waals surface area contributed by atoms with Gasteiger partial charge in [0.25, 0.3) is 0 Å². The van der Waals surface area contributed by atoms with E-state index in [0.29, 0.717) is 19.8 Å². The molecule has 1 aromatic carbocycles. The zero-order chi connectivity index (χ0) is 16.2. The van der Waals surface area contributed by atoms with Gasteiger partial charge in [-0.2, -0.15) is 0 Å². The first-order chi connectivity index (χ1) is 10.8. The van der Waals surface area contributed by atoms with E-state index in [2.05, 4.69) is 39.1 Å². The van der Waals surface area contributed by atoms with Crippen LogP contribution in [0.2, 0.25) is 0 Å². The normalized spacial score (nSPS) is 10.5. The van der Waals surface area contributed by atoms with Gasteiger partial charge in [0, 0.05) is 12.1 Å². The molecule has 0 aromatic heterocycles. The second kappa shape index (κ2) is 11.2. The molecule has 0 saturated heterocycles. The van der Waals surface area contributed by atoms with Gasteiger partial charge >= 0.3 is 0 Å². The molecule has 22 heavy (non-hydrogen) atoms. The molecule has 4 heteroatoms. The SMILES string of the molecule is CCCOc1ccc(CNCC)c(OCCC)c1OCCC. The molecule has 0 radical (unpaired) electrons. The highest BCUT2D eigenvalue weighted by Crippen LogP contribution is 2.40. The van der Waals surface area contributed by atoms with Crippen LogP contribution in [0.5, 0.6) is 17.2 Å². The Hall–Kier alpha value is -1.42. The first-order valence-corrected chi connectivity index (χ1v) is 8.53. The van der Waals surface area contributed by atoms with Crippen LogP contribution in [0, 0.1) is 0 Å². The summed E-state index contributed by atoms with van der Waals surface area (Å²) in [5, 5.41) is 3.35. The van der Waals surface area contributed by atoms with Crippen molar-refractivity contribution < 1.29 is 14.2 Å². The van der Waals surface area contributed by atoms with Crippen molar-refractivity contribution in [2.45, 2.75) is 53.5 Å². The predicted octanol–water partition coefficient (Wildman–Crippen LogP) is 4.16. The molecule has 0 spiro atoms. The largest absolute Gasteiger partial charge is 0.490 e. The summed E-state index contributed by atoms with van der Waals surface area (Å²) >= 11 is 0. The zero-order valence-corrected chi connectivity index (χ0v) is 14.5. The van der Waals surface area contributed by atoms with Crippen molar-refractivity contribution in [3.63, 3.8) is 0 Å². The van der Waals surface area contributed by atoms with E-state index in [-0.39, 0.29) is 0 Å². The van der Waals surface area contributed by atoms with Crippen LogP contribution in [-0.4, -0.2) is 26.4 Å². The Kier molecular flexibility index (Phi) is 9.47. The fourth-order valence-electron chi connectivity index (χ4n) is 2.01. The minimum Gasteiger partial charge on any atom is -0.490 e. The van der Waals surface area contributed by atoms with Crippen LogP contribution < -0.4 is 19.5 Å². The van der Waals surface area contributed by atoms with E-state index in [4.69, 9.17) is 14.2 Å². The Balaban J connectivity index is 3.11. The maximum atomic E-state index is 5.99. The smallest absolute Gasteiger partial charge is 0.203 e. The van der Waals surface area contributed by atoms with Gasteiger partial charge in [-0.1, -0.05) is 33.8 Å². The van der Waals surface area contributed by atoms with Crippen molar-refractivity contribution >= 4 is 0 Å². The van der Waals surface area contributed by atoms with Gasteiger partial charge in [-0.25, -0.2) is 0 Å². The highest BCUT2D eigenvalue weighted by molar-refractivity contribution is 5.56. The molecule has 0 atom stereocenters. The van der Waals surface area contributed by atoms with Crippen LogP contribution >= 0.6 is 0 Å². The van der Waals surface area contributed by atoms with Gasteiger partial charge in [0.2, 0.25) is 5.75 Å². The van der Waals surface area contributed by atoms with Crippen molar-refractivity contribution in [3.05, 3.63) is 17.7 Å². The average molecular weight is 309 g/mol. The number of rotatable bonds is 12. The number of benzene rings is 1. The van der Waals surface area contributed by atoms with Gasteiger partial charge in [0.1, 0.15) is 0 Å². The second-order valence-corrected chi connectivity index (χ2v) is 5.21. The highest BCUT2D eigenvalue weighted by Gasteiger charge is 2.17. The Bertz CT molecular complexity index is 382. The maximum absolute atomic E-state index is 5.99. The van der Waals surface area contributed by atoms with E-state index >= 15 is 0 Å². The van der Waals surface area contributed by atoms with Gasteiger partial charge in [-0.05, 0) is 31.9 Å². The van der Waals surface area contributed by atoms with E-state index in [1.807, 2.05) is 6.07 Å². The van der Waals surface area contributed by atoms with Crippen molar-refractivity contribution in [3.8, 4) is 17.2 Å². The number of hydrogen-bond acceptors (Lipinski definition) is 4. The van der Waals surface area contributed by atoms with Crippen molar-refractivity contribution in [2.24, 2.45) is 0 Å². The molecule has 0 bridgehead atoms. The van der Waals surface area contributed by atoms with E-state index in [1.165, 1.54) is 0 Å². The minimum atomic E-state index is 0.662. The molecule has 1 rings (SSSR count). The van der Waals surface area contributed by atoms with E-state index in [9.17, 15) is 0 Å². The lowest BCUT2D eigenvalue weighted by atomic mass is 10.1. The highest BCUT2D eigenvalue weighted by atomic mass is 16.5. The average Bonchev–Trinajstić information content (AvgIpc) is 2.55. The van der Waals surface area contributed by atoms with Crippen LogP contribution in [0.4, 0.5) is 0 Å². The molecule has 4 nitrogen and oxygen atoms in total. The summed E-state index contributed by atoms with van der Waals surface area (Å²) < 4.78 is 17.8. The molecule has 126 valence electrons. The lowest BCUT2D eigenvalue weighted by Crippen LogP contribution is -2.14. The van der Waals surface area contributed by atoms with E-state index in [1.54, 1.807) is 0 Å². The lowest BCUT2D eigenvalue weighted by Gasteiger charge is -2.19. The van der Waals surface area contributed by atoms with Gasteiger partial charge in [0.05, 0.1) is 19.8 Å². The molecular weight excluding hydrogens is 278 g/mol. The van der Waals surface area contributed by atoms with Crippen LogP contribution in [0.1, 0.15) is 52.5 Å². The third-order valence-electron chi connectivity index (χ3n) is 3.09. The fourth-order valence-corrected chi connectivity index (χ4v) is 2.01. The van der Waals surface area contributed by atoms with Crippen LogP contribution in [0.25, 0.3) is 0 Å². The molecule has 0 amide bonds. The molecule has 1 aromatic rings. The quantitative estimate of drug-likeness (QED) is 0.629. The standard InChI is InChI=1S/C18H31NO3/c1-5-11-20-16-10-9-15(14-19-8-4)17(21-12-6-2)18(16)22-13-7-3/h9-10,19H,5-8,11-14H2,1-4H3. The molecule has 0 unspecified atom stereocenters. The Morgan fingerprint density at radius 2 is 1.36 bits per heavy atom. The summed E-state index contributed by atoms with van der Waals surface area (Å²) in [4.78, 5) is 0. The van der Waals surface area contributed by atoms with Crippen LogP contribution in [0.15, 0.2) is 12.1 Å². The van der Waals surface area contributed by atoms with Crippen molar-refractivity contribution in [1.29, 1.82) is 0 Å². The molecule has 0 aliphatic carbocycles. The summed E-state index contributed by atoms with van der Waals surface area (Å²) in [6.07, 6.45) is 2.89. The Morgan fingerprint density at radius 1 is 0.773 bits per heavy atom. The summed E-state index contributed by atoms with van der Waals surface area (Å²) in [7, 11) is 0. The zero-order valence-electron chi connectivity index (χ0n) is 14.5. The molecule has 0 heterocycles. The number of nitrogens with one attached hydrogen (secondary N) is 1. The molecular formula is C18H31NO3. The first kappa shape index (κ1) is 18.6. The van der Waals surface area contributed by atoms with E-state index in [0.717, 1.165) is 55.2 Å². The number of ether oxygens (including phenoxy) is 3. The fraction of sp³-hybridized carbons (Fsp3) is 0.667. The topological polar surface area (TPSA) is 39.7 Å². The molecule has 0 aliphatic rings.